The molecule has 1 aromatic heterocycles. The van der Waals surface area contributed by atoms with E-state index in [1.165, 1.54) is 0 Å². The predicted octanol–water partition coefficient (Wildman–Crippen LogP) is 4.61. The van der Waals surface area contributed by atoms with E-state index in [0.717, 1.165) is 31.5 Å². The molecule has 0 aromatic carbocycles. The molecule has 2 atom stereocenters. The van der Waals surface area contributed by atoms with E-state index in [4.69, 9.17) is 16.3 Å². The van der Waals surface area contributed by atoms with Crippen LogP contribution in [0.4, 0.5) is 23.8 Å². The molecule has 0 saturated heterocycles. The van der Waals surface area contributed by atoms with Gasteiger partial charge >= 0.3 is 12.3 Å². The molecule has 1 amide bonds. The molecular formula is C16H21ClF3N3O2. The number of rotatable bonds is 3. The van der Waals surface area contributed by atoms with Gasteiger partial charge in [-0.3, -0.25) is 0 Å². The van der Waals surface area contributed by atoms with Crippen molar-refractivity contribution in [3.05, 3.63) is 22.8 Å². The number of pyridine rings is 1. The molecule has 2 N–H and O–H groups in total. The zero-order valence-corrected chi connectivity index (χ0v) is 15.0. The highest BCUT2D eigenvalue weighted by atomic mass is 35.5. The highest BCUT2D eigenvalue weighted by Crippen LogP contribution is 2.33. The van der Waals surface area contributed by atoms with Crippen molar-refractivity contribution in [2.75, 3.05) is 5.32 Å². The maximum atomic E-state index is 12.7. The molecule has 25 heavy (non-hydrogen) atoms. The predicted molar refractivity (Wildman–Crippen MR) is 88.7 cm³/mol. The second kappa shape index (κ2) is 7.27. The Morgan fingerprint density at radius 1 is 1.28 bits per heavy atom. The van der Waals surface area contributed by atoms with Crippen molar-refractivity contribution in [1.82, 2.24) is 10.3 Å². The Kier molecular flexibility index (Phi) is 5.71. The third-order valence-electron chi connectivity index (χ3n) is 3.71. The maximum absolute atomic E-state index is 12.7. The van der Waals surface area contributed by atoms with Gasteiger partial charge in [-0.25, -0.2) is 9.78 Å². The van der Waals surface area contributed by atoms with Crippen LogP contribution in [0.3, 0.4) is 0 Å². The van der Waals surface area contributed by atoms with E-state index in [2.05, 4.69) is 15.6 Å². The average Bonchev–Trinajstić information content (AvgIpc) is 2.84. The van der Waals surface area contributed by atoms with Crippen LogP contribution in [0.15, 0.2) is 12.3 Å². The number of hydrogen-bond donors (Lipinski definition) is 2. The lowest BCUT2D eigenvalue weighted by molar-refractivity contribution is -0.137. The summed E-state index contributed by atoms with van der Waals surface area (Å²) in [7, 11) is 0. The van der Waals surface area contributed by atoms with Gasteiger partial charge in [0.15, 0.2) is 0 Å². The molecule has 1 fully saturated rings. The van der Waals surface area contributed by atoms with Crippen LogP contribution >= 0.6 is 11.6 Å². The first-order chi connectivity index (χ1) is 11.5. The second-order valence-corrected chi connectivity index (χ2v) is 7.39. The SMILES string of the molecule is CC(C)(C)OC(=O)N[C@H]1CCC[C@@H]1Nc1ncc(C(F)(F)F)cc1Cl. The molecule has 0 radical (unpaired) electrons. The molecule has 2 rings (SSSR count). The average molecular weight is 380 g/mol. The summed E-state index contributed by atoms with van der Waals surface area (Å²) < 4.78 is 43.2. The summed E-state index contributed by atoms with van der Waals surface area (Å²) in [5.41, 5.74) is -1.51. The fourth-order valence-electron chi connectivity index (χ4n) is 2.64. The lowest BCUT2D eigenvalue weighted by Crippen LogP contribution is -2.45. The van der Waals surface area contributed by atoms with E-state index in [0.29, 0.717) is 0 Å². The zero-order valence-electron chi connectivity index (χ0n) is 14.2. The van der Waals surface area contributed by atoms with Crippen molar-refractivity contribution in [2.24, 2.45) is 0 Å². The highest BCUT2D eigenvalue weighted by Gasteiger charge is 2.33. The molecule has 0 spiro atoms. The summed E-state index contributed by atoms with van der Waals surface area (Å²) in [5, 5.41) is 5.70. The van der Waals surface area contributed by atoms with Gasteiger partial charge < -0.3 is 15.4 Å². The Bertz CT molecular complexity index is 632. The number of alkyl carbamates (subject to hydrolysis) is 1. The first-order valence-electron chi connectivity index (χ1n) is 7.94. The van der Waals surface area contributed by atoms with Crippen LogP contribution in [-0.4, -0.2) is 28.8 Å². The van der Waals surface area contributed by atoms with Crippen molar-refractivity contribution in [2.45, 2.75) is 63.9 Å². The van der Waals surface area contributed by atoms with Gasteiger partial charge in [-0.1, -0.05) is 11.6 Å². The molecule has 0 bridgehead atoms. The maximum Gasteiger partial charge on any atom is 0.417 e. The van der Waals surface area contributed by atoms with E-state index in [9.17, 15) is 18.0 Å². The largest absolute Gasteiger partial charge is 0.444 e. The molecule has 1 aliphatic carbocycles. The van der Waals surface area contributed by atoms with Gasteiger partial charge in [0.25, 0.3) is 0 Å². The molecule has 9 heteroatoms. The molecule has 140 valence electrons. The lowest BCUT2D eigenvalue weighted by atomic mass is 10.1. The number of aromatic nitrogens is 1. The number of nitrogens with one attached hydrogen (secondary N) is 2. The van der Waals surface area contributed by atoms with Gasteiger partial charge in [0.2, 0.25) is 0 Å². The minimum Gasteiger partial charge on any atom is -0.444 e. The van der Waals surface area contributed by atoms with Crippen molar-refractivity contribution in [3.8, 4) is 0 Å². The van der Waals surface area contributed by atoms with E-state index in [-0.39, 0.29) is 22.9 Å². The minimum absolute atomic E-state index is 0.113. The van der Waals surface area contributed by atoms with Crippen molar-refractivity contribution in [3.63, 3.8) is 0 Å². The number of ether oxygens (including phenoxy) is 1. The van der Waals surface area contributed by atoms with Crippen molar-refractivity contribution in [1.29, 1.82) is 0 Å². The minimum atomic E-state index is -4.50. The summed E-state index contributed by atoms with van der Waals surface area (Å²) in [4.78, 5) is 15.7. The first-order valence-corrected chi connectivity index (χ1v) is 8.32. The Labute approximate surface area is 149 Å². The molecule has 5 nitrogen and oxygen atoms in total. The van der Waals surface area contributed by atoms with Crippen molar-refractivity contribution < 1.29 is 22.7 Å². The van der Waals surface area contributed by atoms with Crippen LogP contribution in [0.2, 0.25) is 5.02 Å². The molecule has 0 aliphatic heterocycles. The molecule has 1 aromatic rings. The highest BCUT2D eigenvalue weighted by molar-refractivity contribution is 6.33. The van der Waals surface area contributed by atoms with Gasteiger partial charge in [-0.2, -0.15) is 13.2 Å². The number of halogens is 4. The van der Waals surface area contributed by atoms with Crippen LogP contribution in [-0.2, 0) is 10.9 Å². The third kappa shape index (κ3) is 5.66. The summed E-state index contributed by atoms with van der Waals surface area (Å²) in [6.07, 6.45) is -1.97. The second-order valence-electron chi connectivity index (χ2n) is 6.99. The number of hydrogen-bond acceptors (Lipinski definition) is 4. The monoisotopic (exact) mass is 379 g/mol. The number of carbonyl (C=O) groups excluding carboxylic acids is 1. The van der Waals surface area contributed by atoms with E-state index >= 15 is 0 Å². The van der Waals surface area contributed by atoms with Gasteiger partial charge in [-0.05, 0) is 46.1 Å². The van der Waals surface area contributed by atoms with E-state index < -0.39 is 23.4 Å². The molecular weight excluding hydrogens is 359 g/mol. The number of carbonyl (C=O) groups is 1. The fraction of sp³-hybridized carbons (Fsp3) is 0.625. The normalized spacial score (nSPS) is 21.1. The van der Waals surface area contributed by atoms with Crippen LogP contribution in [0.25, 0.3) is 0 Å². The van der Waals surface area contributed by atoms with Gasteiger partial charge in [0.05, 0.1) is 16.6 Å². The third-order valence-corrected chi connectivity index (χ3v) is 4.00. The molecule has 0 unspecified atom stereocenters. The zero-order chi connectivity index (χ0) is 18.8. The van der Waals surface area contributed by atoms with Crippen molar-refractivity contribution >= 4 is 23.5 Å². The van der Waals surface area contributed by atoms with Crippen LogP contribution < -0.4 is 10.6 Å². The topological polar surface area (TPSA) is 63.2 Å². The fourth-order valence-corrected chi connectivity index (χ4v) is 2.86. The number of nitrogens with zero attached hydrogens (tertiary/aromatic N) is 1. The quantitative estimate of drug-likeness (QED) is 0.804. The molecule has 1 aliphatic rings. The van der Waals surface area contributed by atoms with E-state index in [1.807, 2.05) is 0 Å². The van der Waals surface area contributed by atoms with Crippen LogP contribution in [0.1, 0.15) is 45.6 Å². The number of amides is 1. The Morgan fingerprint density at radius 3 is 2.48 bits per heavy atom. The summed E-state index contributed by atoms with van der Waals surface area (Å²) in [6, 6.07) is 0.437. The Morgan fingerprint density at radius 2 is 1.92 bits per heavy atom. The standard InChI is InChI=1S/C16H21ClF3N3O2/c1-15(2,3)25-14(24)23-12-6-4-5-11(12)22-13-10(17)7-9(8-21-13)16(18,19)20/h7-8,11-12H,4-6H2,1-3H3,(H,21,22)(H,23,24)/t11-,12-/m0/s1. The summed E-state index contributed by atoms with van der Waals surface area (Å²) in [5.74, 6) is 0.164. The molecule has 1 heterocycles. The van der Waals surface area contributed by atoms with Gasteiger partial charge in [0, 0.05) is 12.2 Å². The molecule has 1 saturated carbocycles. The van der Waals surface area contributed by atoms with Crippen LogP contribution in [0.5, 0.6) is 0 Å². The number of alkyl halides is 3. The summed E-state index contributed by atoms with van der Waals surface area (Å²) >= 11 is 5.92. The van der Waals surface area contributed by atoms with Gasteiger partial charge in [-0.15, -0.1) is 0 Å². The Hall–Kier alpha value is -1.70. The van der Waals surface area contributed by atoms with Crippen LogP contribution in [0, 0.1) is 0 Å². The Balaban J connectivity index is 2.03. The van der Waals surface area contributed by atoms with E-state index in [1.54, 1.807) is 20.8 Å². The smallest absolute Gasteiger partial charge is 0.417 e. The number of anilines is 1. The lowest BCUT2D eigenvalue weighted by Gasteiger charge is -2.26. The van der Waals surface area contributed by atoms with Gasteiger partial charge in [0.1, 0.15) is 11.4 Å². The summed E-state index contributed by atoms with van der Waals surface area (Å²) in [6.45, 7) is 5.30. The first kappa shape index (κ1) is 19.6.